The van der Waals surface area contributed by atoms with Crippen LogP contribution in [0.5, 0.6) is 0 Å². The zero-order chi connectivity index (χ0) is 19.1. The van der Waals surface area contributed by atoms with E-state index in [0.29, 0.717) is 24.9 Å². The lowest BCUT2D eigenvalue weighted by Crippen LogP contribution is -2.34. The average Bonchev–Trinajstić information content (AvgIpc) is 3.28. The Bertz CT molecular complexity index is 1090. The Labute approximate surface area is 164 Å². The summed E-state index contributed by atoms with van der Waals surface area (Å²) in [4.78, 5) is 11.5. The molecule has 5 rings (SSSR count). The maximum atomic E-state index is 12.8. The van der Waals surface area contributed by atoms with Gasteiger partial charge < -0.3 is 4.90 Å². The van der Waals surface area contributed by atoms with Gasteiger partial charge in [-0.1, -0.05) is 42.5 Å². The molecule has 0 bridgehead atoms. The number of aromatic nitrogens is 2. The monoisotopic (exact) mass is 394 g/mol. The molecule has 2 atom stereocenters. The van der Waals surface area contributed by atoms with E-state index in [2.05, 4.69) is 9.88 Å². The molecule has 2 aliphatic heterocycles. The highest BCUT2D eigenvalue weighted by atomic mass is 32.2. The van der Waals surface area contributed by atoms with Crippen molar-refractivity contribution in [1.82, 2.24) is 14.3 Å². The lowest BCUT2D eigenvalue weighted by molar-refractivity contribution is 0.452. The van der Waals surface area contributed by atoms with Gasteiger partial charge in [-0.25, -0.2) is 17.7 Å². The zero-order valence-electron chi connectivity index (χ0n) is 15.5. The van der Waals surface area contributed by atoms with E-state index in [-0.39, 0.29) is 5.75 Å². The van der Waals surface area contributed by atoms with Crippen LogP contribution in [0.1, 0.15) is 5.56 Å². The predicted molar refractivity (Wildman–Crippen MR) is 109 cm³/mol. The first kappa shape index (κ1) is 17.6. The lowest BCUT2D eigenvalue weighted by Gasteiger charge is -2.22. The lowest BCUT2D eigenvalue weighted by atomic mass is 10.0. The smallest absolute Gasteiger partial charge is 0.218 e. The molecule has 2 fully saturated rings. The summed E-state index contributed by atoms with van der Waals surface area (Å²) in [6.07, 6.45) is 1.83. The van der Waals surface area contributed by atoms with Crippen molar-refractivity contribution in [3.05, 3.63) is 66.4 Å². The van der Waals surface area contributed by atoms with Crippen LogP contribution in [0, 0.1) is 11.8 Å². The van der Waals surface area contributed by atoms with Gasteiger partial charge in [0.1, 0.15) is 5.82 Å². The van der Waals surface area contributed by atoms with Crippen molar-refractivity contribution in [3.8, 4) is 0 Å². The summed E-state index contributed by atoms with van der Waals surface area (Å²) in [5.41, 5.74) is 2.63. The molecule has 28 heavy (non-hydrogen) atoms. The van der Waals surface area contributed by atoms with Crippen LogP contribution in [0.25, 0.3) is 11.0 Å². The molecule has 0 spiro atoms. The van der Waals surface area contributed by atoms with Crippen molar-refractivity contribution in [3.63, 3.8) is 0 Å². The molecule has 0 amide bonds. The fourth-order valence-corrected chi connectivity index (χ4v) is 5.97. The van der Waals surface area contributed by atoms with Crippen molar-refractivity contribution in [1.29, 1.82) is 0 Å². The van der Waals surface area contributed by atoms with Crippen LogP contribution in [0.3, 0.4) is 0 Å². The summed E-state index contributed by atoms with van der Waals surface area (Å²) >= 11 is 0. The van der Waals surface area contributed by atoms with Gasteiger partial charge in [0.05, 0.1) is 23.0 Å². The van der Waals surface area contributed by atoms with Gasteiger partial charge in [-0.2, -0.15) is 0 Å². The number of sulfonamides is 1. The van der Waals surface area contributed by atoms with Gasteiger partial charge in [0.15, 0.2) is 0 Å². The SMILES string of the molecule is O=S(=O)(Cc1ccccc1)N1CC2CN(c3cnc4ccccc4n3)CC2C1. The zero-order valence-corrected chi connectivity index (χ0v) is 16.3. The second kappa shape index (κ2) is 6.83. The van der Waals surface area contributed by atoms with E-state index >= 15 is 0 Å². The van der Waals surface area contributed by atoms with Gasteiger partial charge in [0.25, 0.3) is 0 Å². The largest absolute Gasteiger partial charge is 0.355 e. The van der Waals surface area contributed by atoms with Crippen molar-refractivity contribution in [2.75, 3.05) is 31.1 Å². The van der Waals surface area contributed by atoms with Crippen molar-refractivity contribution in [2.45, 2.75) is 5.75 Å². The molecule has 144 valence electrons. The average molecular weight is 395 g/mol. The third-order valence-corrected chi connectivity index (χ3v) is 7.58. The molecule has 0 aliphatic carbocycles. The van der Waals surface area contributed by atoms with Gasteiger partial charge in [-0.05, 0) is 29.5 Å². The molecule has 2 aliphatic rings. The highest BCUT2D eigenvalue weighted by Crippen LogP contribution is 2.35. The van der Waals surface area contributed by atoms with E-state index < -0.39 is 10.0 Å². The van der Waals surface area contributed by atoms with Crippen LogP contribution in [0.15, 0.2) is 60.8 Å². The minimum Gasteiger partial charge on any atom is -0.355 e. The molecule has 2 unspecified atom stereocenters. The minimum absolute atomic E-state index is 0.0765. The highest BCUT2D eigenvalue weighted by Gasteiger charge is 2.44. The standard InChI is InChI=1S/C21H22N4O2S/c26-28(27,15-16-6-2-1-3-7-16)25-13-17-11-24(12-18(17)14-25)21-10-22-19-8-4-5-9-20(19)23-21/h1-10,17-18H,11-15H2. The Morgan fingerprint density at radius 1 is 0.857 bits per heavy atom. The number of para-hydroxylation sites is 2. The first-order chi connectivity index (χ1) is 13.6. The maximum Gasteiger partial charge on any atom is 0.218 e. The number of hydrogen-bond acceptors (Lipinski definition) is 5. The Morgan fingerprint density at radius 2 is 1.50 bits per heavy atom. The minimum atomic E-state index is -3.28. The van der Waals surface area contributed by atoms with Gasteiger partial charge in [-0.3, -0.25) is 4.98 Å². The summed E-state index contributed by atoms with van der Waals surface area (Å²) in [7, 11) is -3.28. The normalized spacial score (nSPS) is 22.6. The maximum absolute atomic E-state index is 12.8. The van der Waals surface area contributed by atoms with Crippen molar-refractivity contribution >= 4 is 26.9 Å². The third-order valence-electron chi connectivity index (χ3n) is 5.80. The first-order valence-electron chi connectivity index (χ1n) is 9.57. The molecule has 7 heteroatoms. The molecule has 6 nitrogen and oxygen atoms in total. The van der Waals surface area contributed by atoms with E-state index in [9.17, 15) is 8.42 Å². The number of rotatable bonds is 4. The summed E-state index contributed by atoms with van der Waals surface area (Å²) in [6, 6.07) is 17.3. The molecule has 3 aromatic rings. The van der Waals surface area contributed by atoms with Crippen LogP contribution in [-0.2, 0) is 15.8 Å². The van der Waals surface area contributed by atoms with Crippen LogP contribution in [0.4, 0.5) is 5.82 Å². The van der Waals surface area contributed by atoms with Gasteiger partial charge in [0.2, 0.25) is 10.0 Å². The third kappa shape index (κ3) is 3.25. The number of fused-ring (bicyclic) bond motifs is 2. The van der Waals surface area contributed by atoms with Crippen LogP contribution in [-0.4, -0.2) is 48.9 Å². The fourth-order valence-electron chi connectivity index (χ4n) is 4.34. The summed E-state index contributed by atoms with van der Waals surface area (Å²) < 4.78 is 27.3. The molecule has 2 aromatic carbocycles. The molecule has 0 N–H and O–H groups in total. The van der Waals surface area contributed by atoms with Crippen LogP contribution in [0.2, 0.25) is 0 Å². The molecule has 2 saturated heterocycles. The number of benzene rings is 2. The quantitative estimate of drug-likeness (QED) is 0.680. The fraction of sp³-hybridized carbons (Fsp3) is 0.333. The predicted octanol–water partition coefficient (Wildman–Crippen LogP) is 2.53. The molecular weight excluding hydrogens is 372 g/mol. The van der Waals surface area contributed by atoms with Crippen molar-refractivity contribution < 1.29 is 8.42 Å². The van der Waals surface area contributed by atoms with Crippen molar-refractivity contribution in [2.24, 2.45) is 11.8 Å². The van der Waals surface area contributed by atoms with E-state index in [1.165, 1.54) is 0 Å². The topological polar surface area (TPSA) is 66.4 Å². The van der Waals surface area contributed by atoms with Gasteiger partial charge in [-0.15, -0.1) is 0 Å². The van der Waals surface area contributed by atoms with E-state index in [1.807, 2.05) is 60.8 Å². The molecule has 3 heterocycles. The summed E-state index contributed by atoms with van der Waals surface area (Å²) in [6.45, 7) is 2.85. The Balaban J connectivity index is 1.28. The second-order valence-electron chi connectivity index (χ2n) is 7.70. The second-order valence-corrected chi connectivity index (χ2v) is 9.67. The van der Waals surface area contributed by atoms with Gasteiger partial charge >= 0.3 is 0 Å². The number of hydrogen-bond donors (Lipinski definition) is 0. The molecule has 1 aromatic heterocycles. The number of nitrogens with zero attached hydrogens (tertiary/aromatic N) is 4. The highest BCUT2D eigenvalue weighted by molar-refractivity contribution is 7.88. The summed E-state index contributed by atoms with van der Waals surface area (Å²) in [5, 5.41) is 0. The number of anilines is 1. The van der Waals surface area contributed by atoms with Crippen LogP contribution < -0.4 is 4.90 Å². The Morgan fingerprint density at radius 3 is 2.21 bits per heavy atom. The molecular formula is C21H22N4O2S. The molecule has 0 saturated carbocycles. The molecule has 0 radical (unpaired) electrons. The van der Waals surface area contributed by atoms with E-state index in [1.54, 1.807) is 4.31 Å². The van der Waals surface area contributed by atoms with E-state index in [0.717, 1.165) is 35.5 Å². The summed E-state index contributed by atoms with van der Waals surface area (Å²) in [5.74, 6) is 1.65. The van der Waals surface area contributed by atoms with Gasteiger partial charge in [0, 0.05) is 26.2 Å². The Kier molecular flexibility index (Phi) is 4.29. The van der Waals surface area contributed by atoms with Crippen LogP contribution >= 0.6 is 0 Å². The first-order valence-corrected chi connectivity index (χ1v) is 11.2. The van der Waals surface area contributed by atoms with E-state index in [4.69, 9.17) is 4.98 Å². The Hall–Kier alpha value is -2.51.